The molecule has 0 aromatic carbocycles. The van der Waals surface area contributed by atoms with E-state index in [0.717, 1.165) is 6.42 Å². The van der Waals surface area contributed by atoms with Crippen molar-refractivity contribution in [3.05, 3.63) is 12.7 Å². The zero-order chi connectivity index (χ0) is 12.0. The fourth-order valence-electron chi connectivity index (χ4n) is 2.79. The van der Waals surface area contributed by atoms with Gasteiger partial charge in [-0.25, -0.2) is 0 Å². The Bertz CT molecular complexity index is 203. The van der Waals surface area contributed by atoms with Crippen molar-refractivity contribution in [3.8, 4) is 0 Å². The lowest BCUT2D eigenvalue weighted by Crippen LogP contribution is -2.57. The molecule has 1 fully saturated rings. The SMILES string of the molecule is C=CCC(NC)C(C)(C)N1CCCCCC1. The normalized spacial score (nSPS) is 21.4. The monoisotopic (exact) mass is 224 g/mol. The van der Waals surface area contributed by atoms with Gasteiger partial charge >= 0.3 is 0 Å². The molecule has 16 heavy (non-hydrogen) atoms. The van der Waals surface area contributed by atoms with Gasteiger partial charge in [0.2, 0.25) is 0 Å². The molecule has 0 aromatic heterocycles. The summed E-state index contributed by atoms with van der Waals surface area (Å²) in [4.78, 5) is 2.66. The number of hydrogen-bond acceptors (Lipinski definition) is 2. The van der Waals surface area contributed by atoms with Gasteiger partial charge in [-0.15, -0.1) is 6.58 Å². The Morgan fingerprint density at radius 3 is 2.25 bits per heavy atom. The number of likely N-dealkylation sites (N-methyl/N-ethyl adjacent to an activating group) is 1. The van der Waals surface area contributed by atoms with Gasteiger partial charge < -0.3 is 5.32 Å². The Morgan fingerprint density at radius 1 is 1.25 bits per heavy atom. The van der Waals surface area contributed by atoms with E-state index in [0.29, 0.717) is 6.04 Å². The molecule has 1 rings (SSSR count). The third kappa shape index (κ3) is 3.33. The standard InChI is InChI=1S/C14H28N2/c1-5-10-13(15-4)14(2,3)16-11-8-6-7-9-12-16/h5,13,15H,1,6-12H2,2-4H3. The van der Waals surface area contributed by atoms with Gasteiger partial charge in [-0.05, 0) is 53.2 Å². The van der Waals surface area contributed by atoms with Crippen LogP contribution < -0.4 is 5.32 Å². The molecule has 0 saturated carbocycles. The summed E-state index contributed by atoms with van der Waals surface area (Å²) in [6, 6.07) is 0.503. The first-order valence-electron chi connectivity index (χ1n) is 6.66. The molecular weight excluding hydrogens is 196 g/mol. The van der Waals surface area contributed by atoms with Crippen LogP contribution in [0.15, 0.2) is 12.7 Å². The third-order valence-electron chi connectivity index (χ3n) is 4.02. The summed E-state index contributed by atoms with van der Waals surface area (Å²) in [7, 11) is 2.06. The Balaban J connectivity index is 2.67. The van der Waals surface area contributed by atoms with Gasteiger partial charge in [0, 0.05) is 11.6 Å². The summed E-state index contributed by atoms with van der Waals surface area (Å²) >= 11 is 0. The predicted molar refractivity (Wildman–Crippen MR) is 71.8 cm³/mol. The van der Waals surface area contributed by atoms with Crippen molar-refractivity contribution in [3.63, 3.8) is 0 Å². The molecule has 1 aliphatic heterocycles. The third-order valence-corrected chi connectivity index (χ3v) is 4.02. The number of rotatable bonds is 5. The quantitative estimate of drug-likeness (QED) is 0.722. The maximum Gasteiger partial charge on any atom is 0.0309 e. The topological polar surface area (TPSA) is 15.3 Å². The van der Waals surface area contributed by atoms with E-state index in [1.54, 1.807) is 0 Å². The van der Waals surface area contributed by atoms with Crippen LogP contribution in [0.25, 0.3) is 0 Å². The molecule has 0 bridgehead atoms. The van der Waals surface area contributed by atoms with E-state index >= 15 is 0 Å². The maximum absolute atomic E-state index is 3.87. The molecule has 1 N–H and O–H groups in total. The minimum absolute atomic E-state index is 0.229. The van der Waals surface area contributed by atoms with Gasteiger partial charge in [-0.2, -0.15) is 0 Å². The van der Waals surface area contributed by atoms with E-state index in [1.807, 2.05) is 6.08 Å². The smallest absolute Gasteiger partial charge is 0.0309 e. The van der Waals surface area contributed by atoms with E-state index in [2.05, 4.69) is 37.7 Å². The molecule has 2 nitrogen and oxygen atoms in total. The Labute approximate surface area is 101 Å². The van der Waals surface area contributed by atoms with E-state index in [9.17, 15) is 0 Å². The largest absolute Gasteiger partial charge is 0.315 e. The lowest BCUT2D eigenvalue weighted by Gasteiger charge is -2.43. The second-order valence-corrected chi connectivity index (χ2v) is 5.42. The van der Waals surface area contributed by atoms with Crippen molar-refractivity contribution >= 4 is 0 Å². The highest BCUT2D eigenvalue weighted by Crippen LogP contribution is 2.25. The van der Waals surface area contributed by atoms with Crippen LogP contribution in [-0.2, 0) is 0 Å². The summed E-state index contributed by atoms with van der Waals surface area (Å²) in [5.41, 5.74) is 0.229. The molecule has 1 aliphatic rings. The highest BCUT2D eigenvalue weighted by Gasteiger charge is 2.33. The van der Waals surface area contributed by atoms with E-state index in [-0.39, 0.29) is 5.54 Å². The number of likely N-dealkylation sites (tertiary alicyclic amines) is 1. The van der Waals surface area contributed by atoms with Crippen molar-refractivity contribution in [2.24, 2.45) is 0 Å². The van der Waals surface area contributed by atoms with Crippen LogP contribution in [0.2, 0.25) is 0 Å². The number of hydrogen-bond donors (Lipinski definition) is 1. The molecule has 0 radical (unpaired) electrons. The van der Waals surface area contributed by atoms with E-state index in [1.165, 1.54) is 38.8 Å². The summed E-state index contributed by atoms with van der Waals surface area (Å²) in [5, 5.41) is 3.45. The van der Waals surface area contributed by atoms with Crippen LogP contribution in [0, 0.1) is 0 Å². The molecule has 1 saturated heterocycles. The first kappa shape index (κ1) is 13.7. The predicted octanol–water partition coefficient (Wildman–Crippen LogP) is 2.81. The van der Waals surface area contributed by atoms with Crippen molar-refractivity contribution in [2.75, 3.05) is 20.1 Å². The van der Waals surface area contributed by atoms with Crippen LogP contribution >= 0.6 is 0 Å². The molecule has 0 aliphatic carbocycles. The van der Waals surface area contributed by atoms with E-state index < -0.39 is 0 Å². The van der Waals surface area contributed by atoms with Gasteiger partial charge in [0.15, 0.2) is 0 Å². The van der Waals surface area contributed by atoms with Crippen molar-refractivity contribution in [1.29, 1.82) is 0 Å². The van der Waals surface area contributed by atoms with Gasteiger partial charge in [-0.1, -0.05) is 18.9 Å². The molecule has 0 amide bonds. The van der Waals surface area contributed by atoms with Gasteiger partial charge in [0.25, 0.3) is 0 Å². The highest BCUT2D eigenvalue weighted by atomic mass is 15.2. The van der Waals surface area contributed by atoms with Gasteiger partial charge in [0.05, 0.1) is 0 Å². The van der Waals surface area contributed by atoms with Gasteiger partial charge in [-0.3, -0.25) is 4.90 Å². The van der Waals surface area contributed by atoms with Crippen LogP contribution in [0.5, 0.6) is 0 Å². The Hall–Kier alpha value is -0.340. The second kappa shape index (κ2) is 6.41. The summed E-state index contributed by atoms with van der Waals surface area (Å²) < 4.78 is 0. The summed E-state index contributed by atoms with van der Waals surface area (Å²) in [6.07, 6.45) is 8.58. The molecule has 1 unspecified atom stereocenters. The fraction of sp³-hybridized carbons (Fsp3) is 0.857. The summed E-state index contributed by atoms with van der Waals surface area (Å²) in [5.74, 6) is 0. The number of nitrogens with zero attached hydrogens (tertiary/aromatic N) is 1. The molecule has 1 atom stereocenters. The highest BCUT2D eigenvalue weighted by molar-refractivity contribution is 4.96. The molecule has 0 aromatic rings. The van der Waals surface area contributed by atoms with Crippen molar-refractivity contribution in [2.45, 2.75) is 57.5 Å². The van der Waals surface area contributed by atoms with Crippen molar-refractivity contribution in [1.82, 2.24) is 10.2 Å². The minimum Gasteiger partial charge on any atom is -0.315 e. The first-order valence-corrected chi connectivity index (χ1v) is 6.66. The summed E-state index contributed by atoms with van der Waals surface area (Å²) in [6.45, 7) is 11.1. The second-order valence-electron chi connectivity index (χ2n) is 5.42. The lowest BCUT2D eigenvalue weighted by molar-refractivity contribution is 0.0875. The molecule has 94 valence electrons. The van der Waals surface area contributed by atoms with Crippen LogP contribution in [0.4, 0.5) is 0 Å². The maximum atomic E-state index is 3.87. The van der Waals surface area contributed by atoms with Gasteiger partial charge in [0.1, 0.15) is 0 Å². The Kier molecular flexibility index (Phi) is 5.50. The first-order chi connectivity index (χ1) is 7.62. The molecule has 2 heteroatoms. The zero-order valence-corrected chi connectivity index (χ0v) is 11.3. The molecular formula is C14H28N2. The van der Waals surface area contributed by atoms with Crippen molar-refractivity contribution < 1.29 is 0 Å². The average molecular weight is 224 g/mol. The van der Waals surface area contributed by atoms with Crippen LogP contribution in [0.1, 0.15) is 46.0 Å². The van der Waals surface area contributed by atoms with E-state index in [4.69, 9.17) is 0 Å². The average Bonchev–Trinajstić information content (AvgIpc) is 2.54. The lowest BCUT2D eigenvalue weighted by atomic mass is 9.89. The zero-order valence-electron chi connectivity index (χ0n) is 11.3. The van der Waals surface area contributed by atoms with Crippen LogP contribution in [-0.4, -0.2) is 36.6 Å². The number of nitrogens with one attached hydrogen (secondary N) is 1. The Morgan fingerprint density at radius 2 is 1.81 bits per heavy atom. The minimum atomic E-state index is 0.229. The molecule has 1 heterocycles. The molecule has 0 spiro atoms. The van der Waals surface area contributed by atoms with Crippen LogP contribution in [0.3, 0.4) is 0 Å². The fourth-order valence-corrected chi connectivity index (χ4v) is 2.79.